The summed E-state index contributed by atoms with van der Waals surface area (Å²) in [5.41, 5.74) is 0. The Morgan fingerprint density at radius 1 is 1.33 bits per heavy atom. The molecule has 0 saturated carbocycles. The molecular weight excluding hydrogens is 248 g/mol. The summed E-state index contributed by atoms with van der Waals surface area (Å²) in [5, 5.41) is 4.38. The fourth-order valence-corrected chi connectivity index (χ4v) is 3.03. The van der Waals surface area contributed by atoms with Gasteiger partial charge < -0.3 is 5.32 Å². The van der Waals surface area contributed by atoms with Crippen molar-refractivity contribution in [2.24, 2.45) is 0 Å². The van der Waals surface area contributed by atoms with Gasteiger partial charge in [0.15, 0.2) is 0 Å². The highest BCUT2D eigenvalue weighted by atomic mass is 35.5. The molecule has 0 atom stereocenters. The number of aryl methyl sites for hydroxylation is 1. The van der Waals surface area contributed by atoms with Crippen molar-refractivity contribution in [3.8, 4) is 0 Å². The molecule has 2 nitrogen and oxygen atoms in total. The van der Waals surface area contributed by atoms with Crippen LogP contribution in [0.15, 0.2) is 18.3 Å². The zero-order valence-corrected chi connectivity index (χ0v) is 10.7. The molecule has 0 unspecified atom stereocenters. The summed E-state index contributed by atoms with van der Waals surface area (Å²) < 4.78 is 0.749. The molecule has 2 rings (SSSR count). The van der Waals surface area contributed by atoms with E-state index in [0.29, 0.717) is 0 Å². The SMILES string of the molecule is Cc1ccc(CNCc2ncc(Cl)s2)s1. The molecule has 2 aromatic heterocycles. The Morgan fingerprint density at radius 2 is 2.20 bits per heavy atom. The van der Waals surface area contributed by atoms with Gasteiger partial charge in [-0.15, -0.1) is 22.7 Å². The summed E-state index contributed by atoms with van der Waals surface area (Å²) in [6, 6.07) is 4.30. The summed E-state index contributed by atoms with van der Waals surface area (Å²) >= 11 is 9.14. The third kappa shape index (κ3) is 3.28. The fourth-order valence-electron chi connectivity index (χ4n) is 1.24. The van der Waals surface area contributed by atoms with Crippen LogP contribution < -0.4 is 5.32 Å². The van der Waals surface area contributed by atoms with E-state index in [4.69, 9.17) is 11.6 Å². The number of rotatable bonds is 4. The first-order valence-corrected chi connectivity index (χ1v) is 6.61. The molecule has 0 fully saturated rings. The van der Waals surface area contributed by atoms with Crippen LogP contribution in [0.3, 0.4) is 0 Å². The molecule has 80 valence electrons. The van der Waals surface area contributed by atoms with Gasteiger partial charge in [0.2, 0.25) is 0 Å². The van der Waals surface area contributed by atoms with E-state index in [0.717, 1.165) is 22.4 Å². The zero-order chi connectivity index (χ0) is 10.7. The fraction of sp³-hybridized carbons (Fsp3) is 0.300. The van der Waals surface area contributed by atoms with Gasteiger partial charge in [0.25, 0.3) is 0 Å². The van der Waals surface area contributed by atoms with E-state index in [1.807, 2.05) is 11.3 Å². The summed E-state index contributed by atoms with van der Waals surface area (Å²) in [5.74, 6) is 0. The Kier molecular flexibility index (Phi) is 3.75. The number of thiazole rings is 1. The molecule has 1 N–H and O–H groups in total. The molecule has 2 heterocycles. The van der Waals surface area contributed by atoms with Crippen molar-refractivity contribution in [3.63, 3.8) is 0 Å². The van der Waals surface area contributed by atoms with Gasteiger partial charge in [-0.2, -0.15) is 0 Å². The van der Waals surface area contributed by atoms with Crippen molar-refractivity contribution in [1.29, 1.82) is 0 Å². The monoisotopic (exact) mass is 258 g/mol. The second-order valence-electron chi connectivity index (χ2n) is 3.17. The van der Waals surface area contributed by atoms with Gasteiger partial charge in [-0.1, -0.05) is 11.6 Å². The predicted molar refractivity (Wildman–Crippen MR) is 66.7 cm³/mol. The normalized spacial score (nSPS) is 10.8. The van der Waals surface area contributed by atoms with Crippen LogP contribution in [0.25, 0.3) is 0 Å². The van der Waals surface area contributed by atoms with E-state index in [-0.39, 0.29) is 0 Å². The molecular formula is C10H11ClN2S2. The number of hydrogen-bond acceptors (Lipinski definition) is 4. The van der Waals surface area contributed by atoms with Crippen LogP contribution in [0.5, 0.6) is 0 Å². The van der Waals surface area contributed by atoms with Crippen molar-refractivity contribution in [3.05, 3.63) is 37.4 Å². The van der Waals surface area contributed by atoms with E-state index in [1.54, 1.807) is 6.20 Å². The van der Waals surface area contributed by atoms with Crippen molar-refractivity contribution in [2.75, 3.05) is 0 Å². The second kappa shape index (κ2) is 5.07. The van der Waals surface area contributed by atoms with Crippen LogP contribution in [-0.4, -0.2) is 4.98 Å². The smallest absolute Gasteiger partial charge is 0.113 e. The highest BCUT2D eigenvalue weighted by molar-refractivity contribution is 7.15. The van der Waals surface area contributed by atoms with Crippen LogP contribution in [0.2, 0.25) is 4.34 Å². The molecule has 5 heteroatoms. The minimum Gasteiger partial charge on any atom is -0.306 e. The van der Waals surface area contributed by atoms with Gasteiger partial charge in [0.05, 0.1) is 6.20 Å². The highest BCUT2D eigenvalue weighted by Crippen LogP contribution is 2.18. The van der Waals surface area contributed by atoms with Crippen molar-refractivity contribution in [2.45, 2.75) is 20.0 Å². The zero-order valence-electron chi connectivity index (χ0n) is 8.29. The van der Waals surface area contributed by atoms with E-state index < -0.39 is 0 Å². The van der Waals surface area contributed by atoms with Crippen molar-refractivity contribution in [1.82, 2.24) is 10.3 Å². The first-order chi connectivity index (χ1) is 7.24. The van der Waals surface area contributed by atoms with Crippen LogP contribution in [0.1, 0.15) is 14.8 Å². The molecule has 0 aliphatic heterocycles. The first kappa shape index (κ1) is 11.1. The molecule has 0 radical (unpaired) electrons. The molecule has 0 aromatic carbocycles. The van der Waals surface area contributed by atoms with E-state index in [9.17, 15) is 0 Å². The number of aromatic nitrogens is 1. The average molecular weight is 259 g/mol. The average Bonchev–Trinajstić information content (AvgIpc) is 2.76. The molecule has 0 aliphatic carbocycles. The Hall–Kier alpha value is -0.420. The highest BCUT2D eigenvalue weighted by Gasteiger charge is 2.00. The van der Waals surface area contributed by atoms with Crippen LogP contribution >= 0.6 is 34.3 Å². The summed E-state index contributed by atoms with van der Waals surface area (Å²) in [7, 11) is 0. The van der Waals surface area contributed by atoms with Gasteiger partial charge in [-0.25, -0.2) is 4.98 Å². The standard InChI is InChI=1S/C10H11ClN2S2/c1-7-2-3-8(14-7)4-12-6-10-13-5-9(11)15-10/h2-3,5,12H,4,6H2,1H3. The van der Waals surface area contributed by atoms with Crippen molar-refractivity contribution >= 4 is 34.3 Å². The molecule has 0 saturated heterocycles. The maximum absolute atomic E-state index is 5.79. The lowest BCUT2D eigenvalue weighted by molar-refractivity contribution is 0.697. The Morgan fingerprint density at radius 3 is 2.80 bits per heavy atom. The third-order valence-electron chi connectivity index (χ3n) is 1.90. The number of halogens is 1. The van der Waals surface area contributed by atoms with Gasteiger partial charge >= 0.3 is 0 Å². The number of thiophene rings is 1. The van der Waals surface area contributed by atoms with Crippen molar-refractivity contribution < 1.29 is 0 Å². The topological polar surface area (TPSA) is 24.9 Å². The second-order valence-corrected chi connectivity index (χ2v) is 6.29. The Balaban J connectivity index is 1.80. The molecule has 2 aromatic rings. The Bertz CT molecular complexity index is 396. The lowest BCUT2D eigenvalue weighted by Crippen LogP contribution is -2.11. The molecule has 0 amide bonds. The lowest BCUT2D eigenvalue weighted by Gasteiger charge is -1.98. The maximum Gasteiger partial charge on any atom is 0.113 e. The number of nitrogens with zero attached hydrogens (tertiary/aromatic N) is 1. The van der Waals surface area contributed by atoms with Gasteiger partial charge in [-0.3, -0.25) is 0 Å². The number of nitrogens with one attached hydrogen (secondary N) is 1. The summed E-state index contributed by atoms with van der Waals surface area (Å²) in [6.07, 6.45) is 1.69. The molecule has 15 heavy (non-hydrogen) atoms. The quantitative estimate of drug-likeness (QED) is 0.909. The van der Waals surface area contributed by atoms with Gasteiger partial charge in [0, 0.05) is 22.8 Å². The Labute approximate surface area is 102 Å². The van der Waals surface area contributed by atoms with E-state index >= 15 is 0 Å². The maximum atomic E-state index is 5.79. The first-order valence-electron chi connectivity index (χ1n) is 4.60. The minimum atomic E-state index is 0.749. The van der Waals surface area contributed by atoms with E-state index in [2.05, 4.69) is 29.4 Å². The van der Waals surface area contributed by atoms with Crippen LogP contribution in [0, 0.1) is 6.92 Å². The van der Waals surface area contributed by atoms with Crippen LogP contribution in [0.4, 0.5) is 0 Å². The molecule has 0 aliphatic rings. The molecule has 0 spiro atoms. The van der Waals surface area contributed by atoms with Crippen LogP contribution in [-0.2, 0) is 13.1 Å². The summed E-state index contributed by atoms with van der Waals surface area (Å²) in [6.45, 7) is 3.80. The van der Waals surface area contributed by atoms with Gasteiger partial charge in [0.1, 0.15) is 9.34 Å². The molecule has 0 bridgehead atoms. The number of hydrogen-bond donors (Lipinski definition) is 1. The van der Waals surface area contributed by atoms with Gasteiger partial charge in [-0.05, 0) is 19.1 Å². The predicted octanol–water partition coefficient (Wildman–Crippen LogP) is 3.46. The third-order valence-corrected chi connectivity index (χ3v) is 4.01. The largest absolute Gasteiger partial charge is 0.306 e. The summed E-state index contributed by atoms with van der Waals surface area (Å²) in [4.78, 5) is 6.89. The minimum absolute atomic E-state index is 0.749. The van der Waals surface area contributed by atoms with E-state index in [1.165, 1.54) is 21.1 Å². The lowest BCUT2D eigenvalue weighted by atomic mass is 10.4.